The monoisotopic (exact) mass is 545 g/mol. The molecule has 0 unspecified atom stereocenters. The summed E-state index contributed by atoms with van der Waals surface area (Å²) in [6.07, 6.45) is 3.70. The first-order chi connectivity index (χ1) is 18.0. The van der Waals surface area contributed by atoms with E-state index in [1.807, 2.05) is 64.1 Å². The van der Waals surface area contributed by atoms with Crippen molar-refractivity contribution >= 4 is 27.5 Å². The fourth-order valence-corrected chi connectivity index (χ4v) is 5.20. The Balaban J connectivity index is 2.24. The smallest absolute Gasteiger partial charge is 0.243 e. The second-order valence-electron chi connectivity index (χ2n) is 9.57. The van der Waals surface area contributed by atoms with E-state index in [1.165, 1.54) is 10.6 Å². The van der Waals surface area contributed by atoms with Crippen molar-refractivity contribution in [1.29, 1.82) is 0 Å². The Labute approximate surface area is 228 Å². The molecule has 210 valence electrons. The minimum absolute atomic E-state index is 0.00672. The molecule has 8 nitrogen and oxygen atoms in total. The quantitative estimate of drug-likeness (QED) is 0.355. The highest BCUT2D eigenvalue weighted by Crippen LogP contribution is 2.21. The van der Waals surface area contributed by atoms with Crippen molar-refractivity contribution in [3.05, 3.63) is 59.7 Å². The molecule has 2 atom stereocenters. The van der Waals surface area contributed by atoms with Gasteiger partial charge in [0.05, 0.1) is 19.1 Å². The van der Waals surface area contributed by atoms with E-state index in [2.05, 4.69) is 5.32 Å². The van der Waals surface area contributed by atoms with Gasteiger partial charge in [-0.2, -0.15) is 0 Å². The highest BCUT2D eigenvalue weighted by atomic mass is 32.2. The molecule has 0 saturated heterocycles. The molecule has 0 aliphatic rings. The van der Waals surface area contributed by atoms with Crippen LogP contribution in [0.2, 0.25) is 0 Å². The van der Waals surface area contributed by atoms with Crippen molar-refractivity contribution in [3.8, 4) is 5.75 Å². The molecule has 0 heterocycles. The molecule has 0 bridgehead atoms. The number of hydrogen-bond acceptors (Lipinski definition) is 5. The molecule has 2 aromatic rings. The van der Waals surface area contributed by atoms with Gasteiger partial charge in [0.25, 0.3) is 0 Å². The number of anilines is 1. The third-order valence-electron chi connectivity index (χ3n) is 6.66. The standard InChI is InChI=1S/C29H43N3O5S/c1-7-22(4)30-29(34)27(9-3)31(21-24-12-10-13-26(20-24)37-5)28(33)14-11-19-32(38(6,35)36)25-17-15-23(8-2)16-18-25/h10,12-13,15-18,20,22,27H,7-9,11,14,19,21H2,1-6H3,(H,30,34)/t22-,27+/m0/s1. The van der Waals surface area contributed by atoms with Crippen LogP contribution in [-0.4, -0.2) is 57.1 Å². The first kappa shape index (κ1) is 31.1. The molecule has 0 saturated carbocycles. The van der Waals surface area contributed by atoms with Crippen LogP contribution in [0.3, 0.4) is 0 Å². The number of amides is 2. The Kier molecular flexibility index (Phi) is 12.1. The SMILES string of the molecule is CCc1ccc(N(CCCC(=O)N(Cc2cccc(OC)c2)[C@H](CC)C(=O)N[C@@H](C)CC)S(C)(=O)=O)cc1. The summed E-state index contributed by atoms with van der Waals surface area (Å²) in [7, 11) is -1.95. The second kappa shape index (κ2) is 14.8. The van der Waals surface area contributed by atoms with Gasteiger partial charge in [-0.15, -0.1) is 0 Å². The van der Waals surface area contributed by atoms with Crippen molar-refractivity contribution in [2.24, 2.45) is 0 Å². The van der Waals surface area contributed by atoms with E-state index in [-0.39, 0.29) is 37.4 Å². The zero-order valence-corrected chi connectivity index (χ0v) is 24.4. The summed E-state index contributed by atoms with van der Waals surface area (Å²) < 4.78 is 31.7. The molecule has 0 aliphatic carbocycles. The molecule has 0 aromatic heterocycles. The number of hydrogen-bond donors (Lipinski definition) is 1. The number of benzene rings is 2. The summed E-state index contributed by atoms with van der Waals surface area (Å²) in [5.41, 5.74) is 2.54. The van der Waals surface area contributed by atoms with Crippen LogP contribution in [-0.2, 0) is 32.6 Å². The van der Waals surface area contributed by atoms with Gasteiger partial charge in [-0.05, 0) is 68.0 Å². The maximum Gasteiger partial charge on any atom is 0.243 e. The molecule has 9 heteroatoms. The minimum Gasteiger partial charge on any atom is -0.497 e. The largest absolute Gasteiger partial charge is 0.497 e. The predicted octanol–water partition coefficient (Wildman–Crippen LogP) is 4.53. The molecule has 0 aliphatic heterocycles. The summed E-state index contributed by atoms with van der Waals surface area (Å²) in [4.78, 5) is 28.3. The normalized spacial score (nSPS) is 12.9. The lowest BCUT2D eigenvalue weighted by Gasteiger charge is -2.32. The molecule has 1 N–H and O–H groups in total. The molecule has 0 radical (unpaired) electrons. The number of carbonyl (C=O) groups excluding carboxylic acids is 2. The van der Waals surface area contributed by atoms with E-state index in [1.54, 1.807) is 24.1 Å². The van der Waals surface area contributed by atoms with Gasteiger partial charge in [-0.3, -0.25) is 13.9 Å². The number of methoxy groups -OCH3 is 1. The van der Waals surface area contributed by atoms with Gasteiger partial charge in [0, 0.05) is 25.6 Å². The predicted molar refractivity (Wildman–Crippen MR) is 153 cm³/mol. The lowest BCUT2D eigenvalue weighted by Crippen LogP contribution is -2.50. The number of nitrogens with zero attached hydrogens (tertiary/aromatic N) is 2. The average molecular weight is 546 g/mol. The maximum atomic E-state index is 13.6. The van der Waals surface area contributed by atoms with E-state index < -0.39 is 16.1 Å². The number of carbonyl (C=O) groups is 2. The number of nitrogens with one attached hydrogen (secondary N) is 1. The van der Waals surface area contributed by atoms with Crippen LogP contribution in [0, 0.1) is 0 Å². The van der Waals surface area contributed by atoms with Gasteiger partial charge in [0.15, 0.2) is 0 Å². The third-order valence-corrected chi connectivity index (χ3v) is 7.85. The molecule has 2 rings (SSSR count). The van der Waals surface area contributed by atoms with E-state index >= 15 is 0 Å². The summed E-state index contributed by atoms with van der Waals surface area (Å²) in [5, 5.41) is 3.00. The van der Waals surface area contributed by atoms with Gasteiger partial charge in [0.1, 0.15) is 11.8 Å². The lowest BCUT2D eigenvalue weighted by atomic mass is 10.1. The third kappa shape index (κ3) is 9.04. The van der Waals surface area contributed by atoms with E-state index in [4.69, 9.17) is 4.74 Å². The number of aryl methyl sites for hydroxylation is 1. The Bertz CT molecular complexity index is 1150. The number of sulfonamides is 1. The summed E-state index contributed by atoms with van der Waals surface area (Å²) in [5.74, 6) is 0.283. The molecular formula is C29H43N3O5S. The Hall–Kier alpha value is -3.07. The maximum absolute atomic E-state index is 13.6. The molecule has 38 heavy (non-hydrogen) atoms. The van der Waals surface area contributed by atoms with Crippen molar-refractivity contribution in [2.75, 3.05) is 24.2 Å². The first-order valence-electron chi connectivity index (χ1n) is 13.3. The van der Waals surface area contributed by atoms with E-state index in [0.29, 0.717) is 24.3 Å². The molecular weight excluding hydrogens is 502 g/mol. The van der Waals surface area contributed by atoms with Gasteiger partial charge < -0.3 is 15.0 Å². The Morgan fingerprint density at radius 1 is 1.00 bits per heavy atom. The van der Waals surface area contributed by atoms with Gasteiger partial charge in [-0.25, -0.2) is 8.42 Å². The van der Waals surface area contributed by atoms with Crippen molar-refractivity contribution in [1.82, 2.24) is 10.2 Å². The van der Waals surface area contributed by atoms with Gasteiger partial charge >= 0.3 is 0 Å². The zero-order valence-electron chi connectivity index (χ0n) is 23.6. The molecule has 0 fully saturated rings. The van der Waals surface area contributed by atoms with Crippen molar-refractivity contribution in [3.63, 3.8) is 0 Å². The van der Waals surface area contributed by atoms with Crippen LogP contribution >= 0.6 is 0 Å². The van der Waals surface area contributed by atoms with Gasteiger partial charge in [0.2, 0.25) is 21.8 Å². The van der Waals surface area contributed by atoms with Gasteiger partial charge in [-0.1, -0.05) is 45.0 Å². The fourth-order valence-electron chi connectivity index (χ4n) is 4.23. The molecule has 2 aromatic carbocycles. The van der Waals surface area contributed by atoms with Crippen molar-refractivity contribution < 1.29 is 22.7 Å². The lowest BCUT2D eigenvalue weighted by molar-refractivity contribution is -0.141. The van der Waals surface area contributed by atoms with Crippen LogP contribution in [0.25, 0.3) is 0 Å². The minimum atomic E-state index is -3.53. The van der Waals surface area contributed by atoms with Crippen LogP contribution in [0.15, 0.2) is 48.5 Å². The molecule has 0 spiro atoms. The van der Waals surface area contributed by atoms with Crippen LogP contribution in [0.1, 0.15) is 64.5 Å². The first-order valence-corrected chi connectivity index (χ1v) is 15.2. The highest BCUT2D eigenvalue weighted by molar-refractivity contribution is 7.92. The second-order valence-corrected chi connectivity index (χ2v) is 11.5. The summed E-state index contributed by atoms with van der Waals surface area (Å²) >= 11 is 0. The topological polar surface area (TPSA) is 96.0 Å². The summed E-state index contributed by atoms with van der Waals surface area (Å²) in [6, 6.07) is 14.2. The molecule has 2 amide bonds. The number of rotatable bonds is 15. The van der Waals surface area contributed by atoms with E-state index in [0.717, 1.165) is 24.0 Å². The Morgan fingerprint density at radius 2 is 1.68 bits per heavy atom. The highest BCUT2D eigenvalue weighted by Gasteiger charge is 2.29. The summed E-state index contributed by atoms with van der Waals surface area (Å²) in [6.45, 7) is 8.27. The van der Waals surface area contributed by atoms with Crippen LogP contribution in [0.5, 0.6) is 5.75 Å². The average Bonchev–Trinajstić information content (AvgIpc) is 2.90. The van der Waals surface area contributed by atoms with E-state index in [9.17, 15) is 18.0 Å². The van der Waals surface area contributed by atoms with Crippen molar-refractivity contribution in [2.45, 2.75) is 78.4 Å². The fraction of sp³-hybridized carbons (Fsp3) is 0.517. The number of ether oxygens (including phenoxy) is 1. The van der Waals surface area contributed by atoms with Crippen LogP contribution < -0.4 is 14.4 Å². The Morgan fingerprint density at radius 3 is 2.24 bits per heavy atom. The zero-order chi connectivity index (χ0) is 28.3. The van der Waals surface area contributed by atoms with Crippen LogP contribution in [0.4, 0.5) is 5.69 Å².